The highest BCUT2D eigenvalue weighted by molar-refractivity contribution is 7.92. The third kappa shape index (κ3) is 4.23. The Kier molecular flexibility index (Phi) is 4.53. The third-order valence-corrected chi connectivity index (χ3v) is 3.91. The highest BCUT2D eigenvalue weighted by atomic mass is 32.2. The average molecular weight is 304 g/mol. The molecule has 0 fully saturated rings. The van der Waals surface area contributed by atoms with Crippen molar-refractivity contribution in [3.05, 3.63) is 59.2 Å². The minimum absolute atomic E-state index is 0.561. The molecule has 0 saturated carbocycles. The van der Waals surface area contributed by atoms with E-state index in [1.807, 2.05) is 18.2 Å². The first-order chi connectivity index (χ1) is 9.87. The minimum atomic E-state index is -3.29. The fraction of sp³-hybridized carbons (Fsp3) is 0.250. The molecule has 0 amide bonds. The van der Waals surface area contributed by atoms with Crippen molar-refractivity contribution in [2.24, 2.45) is 0 Å². The molecule has 0 spiro atoms. The molecule has 2 rings (SSSR count). The van der Waals surface area contributed by atoms with Gasteiger partial charge in [-0.2, -0.15) is 0 Å². The lowest BCUT2D eigenvalue weighted by Gasteiger charge is -2.15. The maximum Gasteiger partial charge on any atom is 0.229 e. The summed E-state index contributed by atoms with van der Waals surface area (Å²) in [6, 6.07) is 13.5. The molecule has 0 bridgehead atoms. The van der Waals surface area contributed by atoms with Crippen molar-refractivity contribution in [1.29, 1.82) is 0 Å². The Bertz CT molecular complexity index is 719. The summed E-state index contributed by atoms with van der Waals surface area (Å²) in [5.41, 5.74) is 5.00. The van der Waals surface area contributed by atoms with Gasteiger partial charge in [0.15, 0.2) is 0 Å². The smallest absolute Gasteiger partial charge is 0.229 e. The maximum atomic E-state index is 11.4. The quantitative estimate of drug-likeness (QED) is 0.891. The summed E-state index contributed by atoms with van der Waals surface area (Å²) in [6.07, 6.45) is 1.15. The van der Waals surface area contributed by atoms with Crippen molar-refractivity contribution in [1.82, 2.24) is 0 Å². The van der Waals surface area contributed by atoms with E-state index in [1.165, 1.54) is 16.7 Å². The number of aryl methyl sites for hydroxylation is 2. The zero-order valence-electron chi connectivity index (χ0n) is 12.5. The Morgan fingerprint density at radius 1 is 0.905 bits per heavy atom. The van der Waals surface area contributed by atoms with Crippen molar-refractivity contribution in [2.45, 2.75) is 20.4 Å². The predicted octanol–water partition coefficient (Wildman–Crippen LogP) is 3.29. The number of hydrogen-bond donors (Lipinski definition) is 2. The molecule has 0 aliphatic heterocycles. The molecule has 0 aliphatic carbocycles. The SMILES string of the molecule is Cc1cccc(C)c1CNc1ccccc1NS(C)(=O)=O. The molecule has 0 aliphatic rings. The second kappa shape index (κ2) is 6.18. The summed E-state index contributed by atoms with van der Waals surface area (Å²) in [5.74, 6) is 0. The van der Waals surface area contributed by atoms with Crippen LogP contribution >= 0.6 is 0 Å². The molecule has 4 nitrogen and oxygen atoms in total. The zero-order chi connectivity index (χ0) is 15.5. The van der Waals surface area contributed by atoms with Crippen molar-refractivity contribution in [3.8, 4) is 0 Å². The molecular formula is C16H20N2O2S. The van der Waals surface area contributed by atoms with Crippen LogP contribution in [0.1, 0.15) is 16.7 Å². The number of benzene rings is 2. The summed E-state index contributed by atoms with van der Waals surface area (Å²) >= 11 is 0. The predicted molar refractivity (Wildman–Crippen MR) is 88.2 cm³/mol. The molecule has 2 aromatic rings. The van der Waals surface area contributed by atoms with Crippen LogP contribution in [-0.4, -0.2) is 14.7 Å². The molecule has 0 unspecified atom stereocenters. The van der Waals surface area contributed by atoms with Gasteiger partial charge >= 0.3 is 0 Å². The van der Waals surface area contributed by atoms with E-state index < -0.39 is 10.0 Å². The van der Waals surface area contributed by atoms with E-state index in [4.69, 9.17) is 0 Å². The normalized spacial score (nSPS) is 11.2. The maximum absolute atomic E-state index is 11.4. The van der Waals surface area contributed by atoms with E-state index in [1.54, 1.807) is 12.1 Å². The lowest BCUT2D eigenvalue weighted by molar-refractivity contribution is 0.607. The summed E-state index contributed by atoms with van der Waals surface area (Å²) in [7, 11) is -3.29. The van der Waals surface area contributed by atoms with E-state index >= 15 is 0 Å². The van der Waals surface area contributed by atoms with Crippen LogP contribution in [0.25, 0.3) is 0 Å². The largest absolute Gasteiger partial charge is 0.379 e. The van der Waals surface area contributed by atoms with Crippen LogP contribution in [0.4, 0.5) is 11.4 Å². The average Bonchev–Trinajstić information content (AvgIpc) is 2.38. The molecule has 2 aromatic carbocycles. The van der Waals surface area contributed by atoms with Crippen molar-refractivity contribution in [2.75, 3.05) is 16.3 Å². The molecule has 0 saturated heterocycles. The number of sulfonamides is 1. The Balaban J connectivity index is 2.21. The number of nitrogens with one attached hydrogen (secondary N) is 2. The first-order valence-corrected chi connectivity index (χ1v) is 8.62. The van der Waals surface area contributed by atoms with Gasteiger partial charge in [-0.1, -0.05) is 30.3 Å². The van der Waals surface area contributed by atoms with Gasteiger partial charge in [-0.15, -0.1) is 0 Å². The fourth-order valence-corrected chi connectivity index (χ4v) is 2.81. The molecule has 0 radical (unpaired) electrons. The van der Waals surface area contributed by atoms with Crippen molar-refractivity contribution in [3.63, 3.8) is 0 Å². The second-order valence-corrected chi connectivity index (χ2v) is 6.89. The highest BCUT2D eigenvalue weighted by Crippen LogP contribution is 2.23. The van der Waals surface area contributed by atoms with Crippen LogP contribution in [0.2, 0.25) is 0 Å². The van der Waals surface area contributed by atoms with Crippen molar-refractivity contribution >= 4 is 21.4 Å². The number of hydrogen-bond acceptors (Lipinski definition) is 3. The van der Waals surface area contributed by atoms with Crippen LogP contribution in [0.3, 0.4) is 0 Å². The lowest BCUT2D eigenvalue weighted by atomic mass is 10.0. The van der Waals surface area contributed by atoms with Gasteiger partial charge in [-0.05, 0) is 42.7 Å². The lowest BCUT2D eigenvalue weighted by Crippen LogP contribution is -2.12. The van der Waals surface area contributed by atoms with E-state index in [0.717, 1.165) is 11.9 Å². The summed E-state index contributed by atoms with van der Waals surface area (Å²) in [4.78, 5) is 0. The van der Waals surface area contributed by atoms with E-state index in [0.29, 0.717) is 12.2 Å². The van der Waals surface area contributed by atoms with Gasteiger partial charge in [0.2, 0.25) is 10.0 Å². The number of rotatable bonds is 5. The van der Waals surface area contributed by atoms with Gasteiger partial charge in [-0.25, -0.2) is 8.42 Å². The molecule has 21 heavy (non-hydrogen) atoms. The van der Waals surface area contributed by atoms with Crippen molar-refractivity contribution < 1.29 is 8.42 Å². The Morgan fingerprint density at radius 3 is 2.05 bits per heavy atom. The van der Waals surface area contributed by atoms with Gasteiger partial charge in [0.05, 0.1) is 17.6 Å². The van der Waals surface area contributed by atoms with Gasteiger partial charge in [0.25, 0.3) is 0 Å². The Hall–Kier alpha value is -2.01. The minimum Gasteiger partial charge on any atom is -0.379 e. The van der Waals surface area contributed by atoms with Gasteiger partial charge in [0.1, 0.15) is 0 Å². The summed E-state index contributed by atoms with van der Waals surface area (Å²) in [5, 5.41) is 3.31. The fourth-order valence-electron chi connectivity index (χ4n) is 2.24. The van der Waals surface area contributed by atoms with Gasteiger partial charge in [0, 0.05) is 6.54 Å². The highest BCUT2D eigenvalue weighted by Gasteiger charge is 2.08. The zero-order valence-corrected chi connectivity index (χ0v) is 13.3. The first kappa shape index (κ1) is 15.4. The molecule has 0 atom stereocenters. The van der Waals surface area contributed by atoms with E-state index in [9.17, 15) is 8.42 Å². The first-order valence-electron chi connectivity index (χ1n) is 6.72. The third-order valence-electron chi connectivity index (χ3n) is 3.32. The molecule has 5 heteroatoms. The standard InChI is InChI=1S/C16H20N2O2S/c1-12-7-6-8-13(2)14(12)11-17-15-9-4-5-10-16(15)18-21(3,19)20/h4-10,17-18H,11H2,1-3H3. The Morgan fingerprint density at radius 2 is 1.48 bits per heavy atom. The summed E-state index contributed by atoms with van der Waals surface area (Å²) in [6.45, 7) is 4.80. The van der Waals surface area contributed by atoms with Crippen LogP contribution in [-0.2, 0) is 16.6 Å². The molecule has 0 aromatic heterocycles. The molecule has 2 N–H and O–H groups in total. The van der Waals surface area contributed by atoms with Crippen LogP contribution in [0.15, 0.2) is 42.5 Å². The summed E-state index contributed by atoms with van der Waals surface area (Å²) < 4.78 is 25.3. The number of para-hydroxylation sites is 2. The molecule has 112 valence electrons. The topological polar surface area (TPSA) is 58.2 Å². The molecule has 0 heterocycles. The Labute approximate surface area is 126 Å². The van der Waals surface area contributed by atoms with Gasteiger partial charge < -0.3 is 5.32 Å². The van der Waals surface area contributed by atoms with E-state index in [2.05, 4.69) is 36.0 Å². The van der Waals surface area contributed by atoms with E-state index in [-0.39, 0.29) is 0 Å². The van der Waals surface area contributed by atoms with Crippen LogP contribution < -0.4 is 10.0 Å². The monoisotopic (exact) mass is 304 g/mol. The number of anilines is 2. The second-order valence-electron chi connectivity index (χ2n) is 5.14. The van der Waals surface area contributed by atoms with Gasteiger partial charge in [-0.3, -0.25) is 4.72 Å². The van der Waals surface area contributed by atoms with Crippen LogP contribution in [0.5, 0.6) is 0 Å². The molecular weight excluding hydrogens is 284 g/mol. The van der Waals surface area contributed by atoms with Crippen LogP contribution in [0, 0.1) is 13.8 Å².